The van der Waals surface area contributed by atoms with E-state index in [1.807, 2.05) is 13.8 Å². The van der Waals surface area contributed by atoms with Gasteiger partial charge in [-0.3, -0.25) is 10.1 Å². The van der Waals surface area contributed by atoms with Crippen molar-refractivity contribution in [1.82, 2.24) is 5.32 Å². The lowest BCUT2D eigenvalue weighted by Gasteiger charge is -2.28. The van der Waals surface area contributed by atoms with Gasteiger partial charge in [0.2, 0.25) is 0 Å². The van der Waals surface area contributed by atoms with E-state index in [9.17, 15) is 24.0 Å². The van der Waals surface area contributed by atoms with Gasteiger partial charge in [-0.1, -0.05) is 18.2 Å². The molecule has 0 aliphatic heterocycles. The van der Waals surface area contributed by atoms with E-state index in [1.165, 1.54) is 18.2 Å². The van der Waals surface area contributed by atoms with Gasteiger partial charge in [0.05, 0.1) is 11.0 Å². The predicted molar refractivity (Wildman–Crippen MR) is 85.4 cm³/mol. The summed E-state index contributed by atoms with van der Waals surface area (Å²) in [5.74, 6) is -1.98. The van der Waals surface area contributed by atoms with Crippen LogP contribution < -0.4 is 5.32 Å². The number of rotatable bonds is 6. The van der Waals surface area contributed by atoms with Gasteiger partial charge in [-0.25, -0.2) is 8.78 Å². The summed E-state index contributed by atoms with van der Waals surface area (Å²) in [6, 6.07) is 9.33. The Balaban J connectivity index is 2.05. The second kappa shape index (κ2) is 7.02. The van der Waals surface area contributed by atoms with Gasteiger partial charge in [0, 0.05) is 24.2 Å². The number of nitro groups is 1. The van der Waals surface area contributed by atoms with Gasteiger partial charge >= 0.3 is 0 Å². The molecule has 1 atom stereocenters. The molecule has 0 bridgehead atoms. The zero-order valence-corrected chi connectivity index (χ0v) is 13.3. The molecule has 0 saturated heterocycles. The number of hydrogen-bond donors (Lipinski definition) is 2. The first kappa shape index (κ1) is 18.0. The molecule has 5 nitrogen and oxygen atoms in total. The highest BCUT2D eigenvalue weighted by Gasteiger charge is 2.22. The number of non-ortho nitro benzene ring substituents is 1. The Hall–Kier alpha value is -2.38. The number of benzene rings is 2. The molecule has 0 saturated carbocycles. The van der Waals surface area contributed by atoms with Crippen LogP contribution in [-0.2, 0) is 5.54 Å². The number of nitrogens with zero attached hydrogens (tertiary/aromatic N) is 1. The van der Waals surface area contributed by atoms with E-state index in [4.69, 9.17) is 0 Å². The summed E-state index contributed by atoms with van der Waals surface area (Å²) in [5, 5.41) is 23.9. The molecule has 0 aliphatic rings. The van der Waals surface area contributed by atoms with Crippen LogP contribution in [-0.4, -0.2) is 16.6 Å². The highest BCUT2D eigenvalue weighted by molar-refractivity contribution is 5.35. The minimum absolute atomic E-state index is 0.00336. The van der Waals surface area contributed by atoms with E-state index in [0.29, 0.717) is 0 Å². The van der Waals surface area contributed by atoms with Gasteiger partial charge < -0.3 is 10.4 Å². The number of hydrogen-bond acceptors (Lipinski definition) is 4. The van der Waals surface area contributed by atoms with Crippen LogP contribution in [0.2, 0.25) is 0 Å². The Labute approximate surface area is 138 Å². The van der Waals surface area contributed by atoms with E-state index in [-0.39, 0.29) is 17.8 Å². The molecule has 0 aromatic heterocycles. The minimum Gasteiger partial charge on any atom is -0.387 e. The molecule has 0 radical (unpaired) electrons. The van der Waals surface area contributed by atoms with Crippen LogP contribution in [0.15, 0.2) is 42.5 Å². The molecule has 0 heterocycles. The third kappa shape index (κ3) is 4.12. The number of aliphatic hydroxyl groups is 1. The van der Waals surface area contributed by atoms with Crippen molar-refractivity contribution in [3.63, 3.8) is 0 Å². The average molecular weight is 336 g/mol. The summed E-state index contributed by atoms with van der Waals surface area (Å²) in [6.07, 6.45) is -1.02. The number of nitrogens with one attached hydrogen (secondary N) is 1. The molecule has 2 N–H and O–H groups in total. The number of aliphatic hydroxyl groups excluding tert-OH is 1. The SMILES string of the molecule is CC(C)(NCC(O)c1ccc(F)c(F)c1)c1ccc([N+](=O)[O-])cc1. The van der Waals surface area contributed by atoms with Crippen molar-refractivity contribution in [2.24, 2.45) is 0 Å². The first-order chi connectivity index (χ1) is 11.2. The fraction of sp³-hybridized carbons (Fsp3) is 0.294. The molecular formula is C17H18F2N2O3. The van der Waals surface area contributed by atoms with Crippen molar-refractivity contribution in [1.29, 1.82) is 0 Å². The van der Waals surface area contributed by atoms with Gasteiger partial charge in [-0.2, -0.15) is 0 Å². The van der Waals surface area contributed by atoms with E-state index >= 15 is 0 Å². The molecule has 0 aliphatic carbocycles. The smallest absolute Gasteiger partial charge is 0.269 e. The molecule has 2 aromatic rings. The fourth-order valence-electron chi connectivity index (χ4n) is 2.29. The van der Waals surface area contributed by atoms with Crippen molar-refractivity contribution in [3.8, 4) is 0 Å². The molecule has 7 heteroatoms. The van der Waals surface area contributed by atoms with E-state index in [2.05, 4.69) is 5.32 Å². The van der Waals surface area contributed by atoms with Crippen LogP contribution in [0.5, 0.6) is 0 Å². The molecule has 1 unspecified atom stereocenters. The Morgan fingerprint density at radius 2 is 1.79 bits per heavy atom. The van der Waals surface area contributed by atoms with Gasteiger partial charge in [0.15, 0.2) is 11.6 Å². The molecular weight excluding hydrogens is 318 g/mol. The van der Waals surface area contributed by atoms with E-state index in [0.717, 1.165) is 17.7 Å². The summed E-state index contributed by atoms with van der Waals surface area (Å²) < 4.78 is 26.1. The van der Waals surface area contributed by atoms with Gasteiger partial charge in [0.1, 0.15) is 0 Å². The summed E-state index contributed by atoms with van der Waals surface area (Å²) in [6.45, 7) is 3.81. The Bertz CT molecular complexity index is 733. The lowest BCUT2D eigenvalue weighted by molar-refractivity contribution is -0.384. The highest BCUT2D eigenvalue weighted by atomic mass is 19.2. The first-order valence-corrected chi connectivity index (χ1v) is 7.33. The predicted octanol–water partition coefficient (Wildman–Crippen LogP) is 3.43. The second-order valence-corrected chi connectivity index (χ2v) is 6.00. The molecule has 0 spiro atoms. The molecule has 2 aromatic carbocycles. The topological polar surface area (TPSA) is 75.4 Å². The maximum Gasteiger partial charge on any atom is 0.269 e. The van der Waals surface area contributed by atoms with Crippen LogP contribution in [0.4, 0.5) is 14.5 Å². The minimum atomic E-state index is -1.02. The van der Waals surface area contributed by atoms with Crippen LogP contribution in [0.3, 0.4) is 0 Å². The number of nitro benzene ring substituents is 1. The largest absolute Gasteiger partial charge is 0.387 e. The third-order valence-electron chi connectivity index (χ3n) is 3.87. The number of halogens is 2. The maximum atomic E-state index is 13.2. The Morgan fingerprint density at radius 3 is 2.33 bits per heavy atom. The van der Waals surface area contributed by atoms with Crippen LogP contribution >= 0.6 is 0 Å². The van der Waals surface area contributed by atoms with Crippen molar-refractivity contribution in [2.75, 3.05) is 6.54 Å². The molecule has 0 amide bonds. The zero-order chi connectivity index (χ0) is 17.9. The monoisotopic (exact) mass is 336 g/mol. The van der Waals surface area contributed by atoms with Crippen molar-refractivity contribution in [2.45, 2.75) is 25.5 Å². The quantitative estimate of drug-likeness (QED) is 0.626. The summed E-state index contributed by atoms with van der Waals surface area (Å²) in [4.78, 5) is 10.2. The molecule has 0 fully saturated rings. The van der Waals surface area contributed by atoms with Gasteiger partial charge in [-0.05, 0) is 37.1 Å². The summed E-state index contributed by atoms with van der Waals surface area (Å²) in [7, 11) is 0. The van der Waals surface area contributed by atoms with Crippen LogP contribution in [0.25, 0.3) is 0 Å². The normalized spacial score (nSPS) is 12.9. The van der Waals surface area contributed by atoms with Gasteiger partial charge in [-0.15, -0.1) is 0 Å². The average Bonchev–Trinajstić information content (AvgIpc) is 2.55. The lowest BCUT2D eigenvalue weighted by atomic mass is 9.93. The molecule has 128 valence electrons. The standard InChI is InChI=1S/C17H18F2N2O3/c1-17(2,12-4-6-13(7-5-12)21(23)24)20-10-16(22)11-3-8-14(18)15(19)9-11/h3-9,16,20,22H,10H2,1-2H3. The van der Waals surface area contributed by atoms with Crippen LogP contribution in [0, 0.1) is 21.7 Å². The molecule has 24 heavy (non-hydrogen) atoms. The summed E-state index contributed by atoms with van der Waals surface area (Å²) in [5.41, 5.74) is 0.483. The Kier molecular flexibility index (Phi) is 5.26. The lowest BCUT2D eigenvalue weighted by Crippen LogP contribution is -2.39. The van der Waals surface area contributed by atoms with E-state index in [1.54, 1.807) is 12.1 Å². The zero-order valence-electron chi connectivity index (χ0n) is 13.3. The van der Waals surface area contributed by atoms with Crippen LogP contribution in [0.1, 0.15) is 31.1 Å². The summed E-state index contributed by atoms with van der Waals surface area (Å²) >= 11 is 0. The van der Waals surface area contributed by atoms with Crippen molar-refractivity contribution in [3.05, 3.63) is 75.3 Å². The molecule has 2 rings (SSSR count). The van der Waals surface area contributed by atoms with Gasteiger partial charge in [0.25, 0.3) is 5.69 Å². The van der Waals surface area contributed by atoms with E-state index < -0.39 is 28.2 Å². The fourth-order valence-corrected chi connectivity index (χ4v) is 2.29. The third-order valence-corrected chi connectivity index (χ3v) is 3.87. The highest BCUT2D eigenvalue weighted by Crippen LogP contribution is 2.24. The maximum absolute atomic E-state index is 13.2. The Morgan fingerprint density at radius 1 is 1.17 bits per heavy atom. The van der Waals surface area contributed by atoms with Crippen molar-refractivity contribution < 1.29 is 18.8 Å². The van der Waals surface area contributed by atoms with Crippen molar-refractivity contribution >= 4 is 5.69 Å². The first-order valence-electron chi connectivity index (χ1n) is 7.33. The second-order valence-electron chi connectivity index (χ2n) is 6.00.